The fourth-order valence-corrected chi connectivity index (χ4v) is 5.46. The van der Waals surface area contributed by atoms with Gasteiger partial charge in [0.25, 0.3) is 0 Å². The van der Waals surface area contributed by atoms with Crippen molar-refractivity contribution in [1.29, 1.82) is 0 Å². The molecule has 35 heavy (non-hydrogen) atoms. The van der Waals surface area contributed by atoms with Crippen LogP contribution < -0.4 is 18.9 Å². The van der Waals surface area contributed by atoms with Crippen LogP contribution in [0.4, 0.5) is 0 Å². The molecule has 0 saturated heterocycles. The Hall–Kier alpha value is -3.28. The summed E-state index contributed by atoms with van der Waals surface area (Å²) in [7, 11) is -0.256. The van der Waals surface area contributed by atoms with Gasteiger partial charge in [0.05, 0.1) is 13.5 Å². The van der Waals surface area contributed by atoms with E-state index in [0.29, 0.717) is 6.61 Å². The molecule has 3 heteroatoms. The van der Waals surface area contributed by atoms with Gasteiger partial charge in [0.1, 0.15) is 0 Å². The zero-order valence-electron chi connectivity index (χ0n) is 19.2. The number of fused-ring (bicyclic) bond motifs is 3. The molecule has 0 spiro atoms. The predicted molar refractivity (Wildman–Crippen MR) is 148 cm³/mol. The number of rotatable bonds is 5. The first-order valence-corrected chi connectivity index (χ1v) is 11.4. The van der Waals surface area contributed by atoms with Crippen LogP contribution in [0, 0.1) is 0 Å². The quantitative estimate of drug-likeness (QED) is 0.291. The Labute approximate surface area is 219 Å². The van der Waals surface area contributed by atoms with Crippen molar-refractivity contribution in [2.45, 2.75) is 5.41 Å². The Morgan fingerprint density at radius 2 is 0.771 bits per heavy atom. The van der Waals surface area contributed by atoms with E-state index >= 15 is 0 Å². The molecule has 6 aromatic rings. The Kier molecular flexibility index (Phi) is 6.55. The second-order valence-electron chi connectivity index (χ2n) is 8.63. The third kappa shape index (κ3) is 3.80. The predicted octanol–water partition coefficient (Wildman–Crippen LogP) is 3.78. The van der Waals surface area contributed by atoms with Gasteiger partial charge in [-0.15, -0.1) is 0 Å². The maximum Gasteiger partial charge on any atom is 1.00 e. The van der Waals surface area contributed by atoms with Crippen LogP contribution >= 0.6 is 0 Å². The number of hydrogen-bond acceptors (Lipinski definition) is 1. The minimum Gasteiger partial charge on any atom is -0.598 e. The maximum absolute atomic E-state index is 6.37. The molecular formula is C32H26BLiO. The Morgan fingerprint density at radius 1 is 0.457 bits per heavy atom. The molecule has 6 aromatic carbocycles. The Balaban J connectivity index is 0.00000253. The molecular weight excluding hydrogens is 418 g/mol. The fraction of sp³-hybridized carbons (Fsp3) is 0.0625. The van der Waals surface area contributed by atoms with E-state index in [2.05, 4.69) is 127 Å². The van der Waals surface area contributed by atoms with Crippen LogP contribution in [0.2, 0.25) is 0 Å². The van der Waals surface area contributed by atoms with Gasteiger partial charge in [-0.3, -0.25) is 0 Å². The number of hydrogen-bond donors (Lipinski definition) is 0. The smallest absolute Gasteiger partial charge is 0.598 e. The molecule has 6 rings (SSSR count). The van der Waals surface area contributed by atoms with Gasteiger partial charge in [0, 0.05) is 6.61 Å². The molecule has 0 bridgehead atoms. The van der Waals surface area contributed by atoms with Crippen molar-refractivity contribution in [1.82, 2.24) is 0 Å². The molecule has 0 aliphatic carbocycles. The minimum absolute atomic E-state index is 0. The van der Waals surface area contributed by atoms with E-state index in [4.69, 9.17) is 4.65 Å². The van der Waals surface area contributed by atoms with Gasteiger partial charge in [-0.2, -0.15) is 0 Å². The molecule has 0 aliphatic rings. The zero-order valence-corrected chi connectivity index (χ0v) is 19.2. The Bertz CT molecular complexity index is 1430. The van der Waals surface area contributed by atoms with E-state index in [0.717, 1.165) is 0 Å². The van der Waals surface area contributed by atoms with Gasteiger partial charge in [-0.25, -0.2) is 0 Å². The summed E-state index contributed by atoms with van der Waals surface area (Å²) in [5, 5.41) is 7.61. The summed E-state index contributed by atoms with van der Waals surface area (Å²) in [5.74, 6) is 0. The summed E-state index contributed by atoms with van der Waals surface area (Å²) in [6, 6.07) is 46.4. The van der Waals surface area contributed by atoms with Crippen molar-refractivity contribution in [3.05, 3.63) is 144 Å². The summed E-state index contributed by atoms with van der Waals surface area (Å²) < 4.78 is 6.37. The van der Waals surface area contributed by atoms with Gasteiger partial charge in [0.2, 0.25) is 0 Å². The first-order valence-electron chi connectivity index (χ1n) is 11.4. The maximum atomic E-state index is 6.37. The van der Waals surface area contributed by atoms with Gasteiger partial charge in [0.15, 0.2) is 0 Å². The van der Waals surface area contributed by atoms with Crippen LogP contribution in [-0.2, 0) is 10.1 Å². The molecule has 0 aromatic heterocycles. The third-order valence-electron chi connectivity index (χ3n) is 6.96. The van der Waals surface area contributed by atoms with Crippen molar-refractivity contribution >= 4 is 40.4 Å². The summed E-state index contributed by atoms with van der Waals surface area (Å²) in [6.07, 6.45) is 0. The molecule has 0 heterocycles. The largest absolute Gasteiger partial charge is 1.00 e. The molecule has 0 amide bonds. The topological polar surface area (TPSA) is 9.23 Å². The minimum atomic E-state index is -0.440. The summed E-state index contributed by atoms with van der Waals surface area (Å²) in [5.41, 5.74) is 3.47. The van der Waals surface area contributed by atoms with Crippen LogP contribution in [-0.4, -0.2) is 14.7 Å². The van der Waals surface area contributed by atoms with Crippen molar-refractivity contribution in [2.24, 2.45) is 0 Å². The van der Waals surface area contributed by atoms with Crippen LogP contribution in [0.5, 0.6) is 0 Å². The summed E-state index contributed by atoms with van der Waals surface area (Å²) in [6.45, 7) is 0.642. The second-order valence-corrected chi connectivity index (χ2v) is 8.63. The van der Waals surface area contributed by atoms with Crippen LogP contribution in [0.15, 0.2) is 127 Å². The average Bonchev–Trinajstić information content (AvgIpc) is 2.91. The second kappa shape index (κ2) is 9.76. The first kappa shape index (κ1) is 23.5. The third-order valence-corrected chi connectivity index (χ3v) is 6.96. The normalized spacial score (nSPS) is 11.6. The molecule has 0 unspecified atom stereocenters. The van der Waals surface area contributed by atoms with Crippen molar-refractivity contribution in [3.8, 4) is 0 Å². The van der Waals surface area contributed by atoms with Crippen LogP contribution in [0.25, 0.3) is 32.3 Å². The fourth-order valence-electron chi connectivity index (χ4n) is 5.46. The van der Waals surface area contributed by atoms with Crippen molar-refractivity contribution in [2.75, 3.05) is 6.61 Å². The van der Waals surface area contributed by atoms with Crippen molar-refractivity contribution < 1.29 is 23.5 Å². The van der Waals surface area contributed by atoms with E-state index in [1.54, 1.807) is 0 Å². The standard InChI is InChI=1S/C32H26BO.Li/c33-34-22-32(29-19-7-13-23-10-1-4-16-26(23)29,30-20-8-14-24-11-2-5-17-27(24)30)31-21-9-15-25-12-3-6-18-28(25)31;/h1-21H,22H2,33H3;/q-1;+1. The molecule has 0 fully saturated rings. The molecule has 0 N–H and O–H groups in total. The summed E-state index contributed by atoms with van der Waals surface area (Å²) >= 11 is 0. The van der Waals surface area contributed by atoms with E-state index in [-0.39, 0.29) is 26.9 Å². The molecule has 0 saturated carbocycles. The molecule has 0 aliphatic heterocycles. The zero-order chi connectivity index (χ0) is 23.0. The van der Waals surface area contributed by atoms with E-state index < -0.39 is 5.41 Å². The van der Waals surface area contributed by atoms with Crippen molar-refractivity contribution in [3.63, 3.8) is 0 Å². The van der Waals surface area contributed by atoms with E-state index in [1.807, 2.05) is 0 Å². The Morgan fingerprint density at radius 3 is 1.11 bits per heavy atom. The monoisotopic (exact) mass is 444 g/mol. The summed E-state index contributed by atoms with van der Waals surface area (Å²) in [4.78, 5) is 0. The average molecular weight is 444 g/mol. The van der Waals surface area contributed by atoms with Gasteiger partial charge in [-0.1, -0.05) is 127 Å². The number of benzene rings is 6. The molecule has 0 atom stereocenters. The van der Waals surface area contributed by atoms with Crippen LogP contribution in [0.1, 0.15) is 16.7 Å². The SMILES string of the molecule is [BH3-]OCC(c1cccc2ccccc12)(c1cccc2ccccc12)c1cccc2ccccc12.[Li+]. The molecule has 164 valence electrons. The molecule has 1 nitrogen and oxygen atoms in total. The van der Waals surface area contributed by atoms with E-state index in [1.165, 1.54) is 49.0 Å². The molecule has 0 radical (unpaired) electrons. The van der Waals surface area contributed by atoms with Gasteiger partial charge < -0.3 is 4.65 Å². The van der Waals surface area contributed by atoms with Gasteiger partial charge in [-0.05, 0) is 49.0 Å². The van der Waals surface area contributed by atoms with Crippen LogP contribution in [0.3, 0.4) is 0 Å². The first-order chi connectivity index (χ1) is 16.8. The van der Waals surface area contributed by atoms with E-state index in [9.17, 15) is 0 Å². The van der Waals surface area contributed by atoms with Gasteiger partial charge >= 0.3 is 18.9 Å².